The second-order valence-corrected chi connectivity index (χ2v) is 6.35. The third-order valence-electron chi connectivity index (χ3n) is 3.70. The molecule has 26 heavy (non-hydrogen) atoms. The summed E-state index contributed by atoms with van der Waals surface area (Å²) in [4.78, 5) is 15.9. The van der Waals surface area contributed by atoms with Gasteiger partial charge in [0, 0.05) is 10.9 Å². The van der Waals surface area contributed by atoms with Crippen molar-refractivity contribution in [2.45, 2.75) is 26.8 Å². The number of rotatable bonds is 2. The molecule has 6 heteroatoms. The predicted molar refractivity (Wildman–Crippen MR) is 107 cm³/mol. The van der Waals surface area contributed by atoms with E-state index in [1.807, 2.05) is 51.1 Å². The largest absolute Gasteiger partial charge is 0.478 e. The molecule has 1 aromatic heterocycles. The van der Waals surface area contributed by atoms with Crippen LogP contribution in [0.3, 0.4) is 0 Å². The Morgan fingerprint density at radius 2 is 1.69 bits per heavy atom. The van der Waals surface area contributed by atoms with Gasteiger partial charge >= 0.3 is 5.97 Å². The van der Waals surface area contributed by atoms with Crippen molar-refractivity contribution in [1.29, 1.82) is 0 Å². The van der Waals surface area contributed by atoms with E-state index in [9.17, 15) is 9.90 Å². The maximum absolute atomic E-state index is 11.7. The van der Waals surface area contributed by atoms with Crippen molar-refractivity contribution in [3.63, 3.8) is 0 Å². The number of fused-ring (bicyclic) bond motifs is 1. The first-order chi connectivity index (χ1) is 12.2. The van der Waals surface area contributed by atoms with Crippen molar-refractivity contribution in [1.82, 2.24) is 4.98 Å². The number of nitrogens with zero attached hydrogens (tertiary/aromatic N) is 1. The number of nitrogen functional groups attached to an aromatic ring is 2. The summed E-state index contributed by atoms with van der Waals surface area (Å²) in [6, 6.07) is 13.2. The molecule has 0 aliphatic carbocycles. The first kappa shape index (κ1) is 19.2. The standard InChI is InChI=1S/C17H15N3O2.C3H9N/c1-9-5-2-3-6-10(9)13-11-7-4-8-12(18)15(11)20-16(19)14(13)17(21)22;1-3(2)4/h2-8H,18H2,1H3,(H2,19,20)(H,21,22);3H,4H2,1-2H3. The number of nitrogens with two attached hydrogens (primary N) is 3. The molecule has 0 fully saturated rings. The molecule has 0 aliphatic rings. The van der Waals surface area contributed by atoms with Crippen LogP contribution in [-0.4, -0.2) is 22.1 Å². The molecule has 0 unspecified atom stereocenters. The van der Waals surface area contributed by atoms with Crippen LogP contribution in [0.5, 0.6) is 0 Å². The van der Waals surface area contributed by atoms with E-state index in [-0.39, 0.29) is 11.4 Å². The Balaban J connectivity index is 0.000000552. The molecule has 1 heterocycles. The van der Waals surface area contributed by atoms with Crippen LogP contribution >= 0.6 is 0 Å². The van der Waals surface area contributed by atoms with Gasteiger partial charge in [0.25, 0.3) is 0 Å². The molecule has 6 nitrogen and oxygen atoms in total. The average Bonchev–Trinajstić information content (AvgIpc) is 2.54. The minimum absolute atomic E-state index is 0.00685. The van der Waals surface area contributed by atoms with Gasteiger partial charge in [-0.1, -0.05) is 50.2 Å². The topological polar surface area (TPSA) is 128 Å². The van der Waals surface area contributed by atoms with Crippen LogP contribution in [-0.2, 0) is 0 Å². The summed E-state index contributed by atoms with van der Waals surface area (Å²) in [5, 5.41) is 10.3. The number of benzene rings is 2. The molecule has 0 saturated carbocycles. The number of carboxylic acid groups (broad SMARTS) is 1. The number of carboxylic acids is 1. The van der Waals surface area contributed by atoms with E-state index in [1.165, 1.54) is 0 Å². The fourth-order valence-corrected chi connectivity index (χ4v) is 2.68. The highest BCUT2D eigenvalue weighted by molar-refractivity contribution is 6.12. The van der Waals surface area contributed by atoms with Gasteiger partial charge in [0.1, 0.15) is 11.4 Å². The Bertz CT molecular complexity index is 949. The van der Waals surface area contributed by atoms with Crippen LogP contribution in [0.1, 0.15) is 29.8 Å². The summed E-state index contributed by atoms with van der Waals surface area (Å²) in [7, 11) is 0. The number of para-hydroxylation sites is 1. The quantitative estimate of drug-likeness (QED) is 0.523. The first-order valence-electron chi connectivity index (χ1n) is 8.26. The molecule has 0 aliphatic heterocycles. The molecule has 136 valence electrons. The maximum Gasteiger partial charge on any atom is 0.340 e. The van der Waals surface area contributed by atoms with E-state index in [0.29, 0.717) is 28.2 Å². The molecule has 3 rings (SSSR count). The number of aryl methyl sites for hydroxylation is 1. The Labute approximate surface area is 152 Å². The van der Waals surface area contributed by atoms with Crippen molar-refractivity contribution >= 4 is 28.4 Å². The number of carbonyl (C=O) groups is 1. The normalized spacial score (nSPS) is 10.5. The van der Waals surface area contributed by atoms with Crippen LogP contribution in [0.2, 0.25) is 0 Å². The molecule has 0 spiro atoms. The number of aromatic nitrogens is 1. The summed E-state index contributed by atoms with van der Waals surface area (Å²) in [5.74, 6) is -1.14. The van der Waals surface area contributed by atoms with Crippen molar-refractivity contribution in [2.75, 3.05) is 11.5 Å². The van der Waals surface area contributed by atoms with E-state index in [1.54, 1.807) is 12.1 Å². The van der Waals surface area contributed by atoms with Crippen LogP contribution in [0.25, 0.3) is 22.0 Å². The Morgan fingerprint density at radius 3 is 2.27 bits per heavy atom. The zero-order chi connectivity index (χ0) is 19.4. The number of pyridine rings is 1. The smallest absolute Gasteiger partial charge is 0.340 e. The summed E-state index contributed by atoms with van der Waals surface area (Å²) < 4.78 is 0. The van der Waals surface area contributed by atoms with Gasteiger partial charge in [0.05, 0.1) is 11.2 Å². The fourth-order valence-electron chi connectivity index (χ4n) is 2.68. The van der Waals surface area contributed by atoms with E-state index < -0.39 is 5.97 Å². The van der Waals surface area contributed by atoms with E-state index in [4.69, 9.17) is 17.2 Å². The maximum atomic E-state index is 11.7. The molecular formula is C20H24N4O2. The first-order valence-corrected chi connectivity index (χ1v) is 8.26. The molecule has 0 radical (unpaired) electrons. The SMILES string of the molecule is CC(C)N.Cc1ccccc1-c1c(C(=O)O)c(N)nc2c(N)cccc12. The number of aromatic carboxylic acids is 1. The van der Waals surface area contributed by atoms with E-state index in [2.05, 4.69) is 4.98 Å². The molecule has 0 atom stereocenters. The minimum Gasteiger partial charge on any atom is -0.478 e. The molecule has 0 amide bonds. The molecular weight excluding hydrogens is 328 g/mol. The van der Waals surface area contributed by atoms with Gasteiger partial charge in [0.15, 0.2) is 0 Å². The second-order valence-electron chi connectivity index (χ2n) is 6.35. The average molecular weight is 352 g/mol. The highest BCUT2D eigenvalue weighted by Gasteiger charge is 2.22. The molecule has 2 aromatic carbocycles. The Morgan fingerprint density at radius 1 is 1.08 bits per heavy atom. The van der Waals surface area contributed by atoms with Crippen LogP contribution < -0.4 is 17.2 Å². The van der Waals surface area contributed by atoms with Crippen LogP contribution in [0.4, 0.5) is 11.5 Å². The lowest BCUT2D eigenvalue weighted by molar-refractivity contribution is 0.0698. The summed E-state index contributed by atoms with van der Waals surface area (Å²) in [5.41, 5.74) is 20.3. The highest BCUT2D eigenvalue weighted by Crippen LogP contribution is 2.37. The van der Waals surface area contributed by atoms with Gasteiger partial charge in [0.2, 0.25) is 0 Å². The van der Waals surface area contributed by atoms with Crippen molar-refractivity contribution in [3.05, 3.63) is 53.6 Å². The van der Waals surface area contributed by atoms with Crippen molar-refractivity contribution in [3.8, 4) is 11.1 Å². The fraction of sp³-hybridized carbons (Fsp3) is 0.200. The van der Waals surface area contributed by atoms with Crippen LogP contribution in [0.15, 0.2) is 42.5 Å². The van der Waals surface area contributed by atoms with Gasteiger partial charge in [-0.25, -0.2) is 9.78 Å². The zero-order valence-electron chi connectivity index (χ0n) is 15.2. The number of anilines is 2. The lowest BCUT2D eigenvalue weighted by Crippen LogP contribution is -2.09. The third-order valence-corrected chi connectivity index (χ3v) is 3.70. The Kier molecular flexibility index (Phi) is 5.79. The second kappa shape index (κ2) is 7.84. The van der Waals surface area contributed by atoms with Gasteiger partial charge in [-0.3, -0.25) is 0 Å². The molecule has 7 N–H and O–H groups in total. The minimum atomic E-state index is -1.10. The lowest BCUT2D eigenvalue weighted by atomic mass is 9.92. The molecule has 3 aromatic rings. The monoisotopic (exact) mass is 352 g/mol. The summed E-state index contributed by atoms with van der Waals surface area (Å²) >= 11 is 0. The van der Waals surface area contributed by atoms with E-state index in [0.717, 1.165) is 11.1 Å². The van der Waals surface area contributed by atoms with Gasteiger partial charge in [-0.2, -0.15) is 0 Å². The lowest BCUT2D eigenvalue weighted by Gasteiger charge is -2.15. The summed E-state index contributed by atoms with van der Waals surface area (Å²) in [6.45, 7) is 5.82. The van der Waals surface area contributed by atoms with Crippen molar-refractivity contribution < 1.29 is 9.90 Å². The number of hydrogen-bond acceptors (Lipinski definition) is 5. The number of hydrogen-bond donors (Lipinski definition) is 4. The molecule has 0 bridgehead atoms. The molecule has 0 saturated heterocycles. The Hall–Kier alpha value is -3.12. The summed E-state index contributed by atoms with van der Waals surface area (Å²) in [6.07, 6.45) is 0. The zero-order valence-corrected chi connectivity index (χ0v) is 15.2. The van der Waals surface area contributed by atoms with E-state index >= 15 is 0 Å². The van der Waals surface area contributed by atoms with Gasteiger partial charge in [-0.05, 0) is 30.2 Å². The van der Waals surface area contributed by atoms with Crippen LogP contribution in [0, 0.1) is 6.92 Å². The van der Waals surface area contributed by atoms with Crippen molar-refractivity contribution in [2.24, 2.45) is 5.73 Å². The third kappa shape index (κ3) is 3.92. The predicted octanol–water partition coefficient (Wildman–Crippen LogP) is 3.43. The van der Waals surface area contributed by atoms with Gasteiger partial charge < -0.3 is 22.3 Å². The van der Waals surface area contributed by atoms with Gasteiger partial charge in [-0.15, -0.1) is 0 Å². The highest BCUT2D eigenvalue weighted by atomic mass is 16.4.